The largest absolute Gasteiger partial charge is 0.504 e. The first-order valence-corrected chi connectivity index (χ1v) is 7.53. The average molecular weight is 322 g/mol. The highest BCUT2D eigenvalue weighted by atomic mass is 16.5. The van der Waals surface area contributed by atoms with Gasteiger partial charge in [0.1, 0.15) is 5.82 Å². The van der Waals surface area contributed by atoms with Gasteiger partial charge in [-0.3, -0.25) is 9.97 Å². The van der Waals surface area contributed by atoms with E-state index in [1.54, 1.807) is 36.8 Å². The van der Waals surface area contributed by atoms with E-state index in [1.165, 1.54) is 7.11 Å². The second kappa shape index (κ2) is 6.95. The van der Waals surface area contributed by atoms with Crippen molar-refractivity contribution in [3.05, 3.63) is 60.7 Å². The molecule has 122 valence electrons. The van der Waals surface area contributed by atoms with Crippen LogP contribution in [0.15, 0.2) is 55.1 Å². The number of phenolic OH excluding ortho intramolecular Hbond substituents is 1. The molecule has 0 amide bonds. The molecule has 6 nitrogen and oxygen atoms in total. The molecule has 2 aromatic heterocycles. The fourth-order valence-electron chi connectivity index (χ4n) is 2.35. The van der Waals surface area contributed by atoms with E-state index < -0.39 is 0 Å². The number of aromatic hydroxyl groups is 1. The van der Waals surface area contributed by atoms with Crippen molar-refractivity contribution in [2.45, 2.75) is 13.0 Å². The molecule has 2 N–H and O–H groups in total. The first kappa shape index (κ1) is 15.7. The molecule has 0 saturated heterocycles. The Morgan fingerprint density at radius 1 is 1.12 bits per heavy atom. The molecule has 6 heteroatoms. The standard InChI is InChI=1S/C18H18N4O2/c1-12(14-4-3-7-19-9-14)21-18-11-20-10-15(22-18)13-5-6-16(23)17(8-13)24-2/h3-12,23H,1-2H3,(H,21,22)/t12-/m1/s1. The Balaban J connectivity index is 1.84. The van der Waals surface area contributed by atoms with Crippen molar-refractivity contribution in [1.29, 1.82) is 0 Å². The quantitative estimate of drug-likeness (QED) is 0.749. The van der Waals surface area contributed by atoms with Crippen molar-refractivity contribution in [3.8, 4) is 22.8 Å². The molecule has 3 rings (SSSR count). The fourth-order valence-corrected chi connectivity index (χ4v) is 2.35. The Bertz CT molecular complexity index is 824. The van der Waals surface area contributed by atoms with Crippen LogP contribution in [-0.2, 0) is 0 Å². The Morgan fingerprint density at radius 3 is 2.75 bits per heavy atom. The first-order valence-electron chi connectivity index (χ1n) is 7.53. The van der Waals surface area contributed by atoms with Crippen molar-refractivity contribution in [2.75, 3.05) is 12.4 Å². The molecule has 0 bridgehead atoms. The van der Waals surface area contributed by atoms with Crippen LogP contribution in [0.1, 0.15) is 18.5 Å². The number of hydrogen-bond donors (Lipinski definition) is 2. The number of methoxy groups -OCH3 is 1. The van der Waals surface area contributed by atoms with E-state index >= 15 is 0 Å². The number of nitrogens with one attached hydrogen (secondary N) is 1. The maximum absolute atomic E-state index is 9.70. The van der Waals surface area contributed by atoms with Crippen LogP contribution in [-0.4, -0.2) is 27.2 Å². The van der Waals surface area contributed by atoms with Crippen LogP contribution in [0.4, 0.5) is 5.82 Å². The van der Waals surface area contributed by atoms with Crippen LogP contribution in [0.25, 0.3) is 11.3 Å². The van der Waals surface area contributed by atoms with Crippen molar-refractivity contribution in [1.82, 2.24) is 15.0 Å². The van der Waals surface area contributed by atoms with E-state index in [0.717, 1.165) is 11.1 Å². The summed E-state index contributed by atoms with van der Waals surface area (Å²) in [4.78, 5) is 13.0. The van der Waals surface area contributed by atoms with Gasteiger partial charge in [0.15, 0.2) is 11.5 Å². The Kier molecular flexibility index (Phi) is 4.56. The number of rotatable bonds is 5. The molecule has 1 aromatic carbocycles. The Hall–Kier alpha value is -3.15. The number of benzene rings is 1. The summed E-state index contributed by atoms with van der Waals surface area (Å²) >= 11 is 0. The van der Waals surface area contributed by atoms with E-state index in [1.807, 2.05) is 25.3 Å². The summed E-state index contributed by atoms with van der Waals surface area (Å²) in [7, 11) is 1.51. The molecular formula is C18H18N4O2. The number of hydrogen-bond acceptors (Lipinski definition) is 6. The van der Waals surface area contributed by atoms with Crippen LogP contribution >= 0.6 is 0 Å². The molecule has 0 fully saturated rings. The number of ether oxygens (including phenoxy) is 1. The fraction of sp³-hybridized carbons (Fsp3) is 0.167. The van der Waals surface area contributed by atoms with E-state index in [4.69, 9.17) is 4.74 Å². The highest BCUT2D eigenvalue weighted by Crippen LogP contribution is 2.31. The molecule has 0 radical (unpaired) electrons. The van der Waals surface area contributed by atoms with Crippen molar-refractivity contribution < 1.29 is 9.84 Å². The summed E-state index contributed by atoms with van der Waals surface area (Å²) in [6.45, 7) is 2.04. The molecule has 0 unspecified atom stereocenters. The summed E-state index contributed by atoms with van der Waals surface area (Å²) in [5.41, 5.74) is 2.57. The van der Waals surface area contributed by atoms with Gasteiger partial charge in [0.05, 0.1) is 31.2 Å². The smallest absolute Gasteiger partial charge is 0.161 e. The average Bonchev–Trinajstić information content (AvgIpc) is 2.63. The summed E-state index contributed by atoms with van der Waals surface area (Å²) in [5.74, 6) is 1.15. The lowest BCUT2D eigenvalue weighted by atomic mass is 10.1. The maximum atomic E-state index is 9.70. The van der Waals surface area contributed by atoms with Crippen LogP contribution in [0, 0.1) is 0 Å². The molecule has 0 aliphatic rings. The lowest BCUT2D eigenvalue weighted by Crippen LogP contribution is -2.08. The summed E-state index contributed by atoms with van der Waals surface area (Å²) in [5, 5.41) is 13.0. The van der Waals surface area contributed by atoms with Gasteiger partial charge in [0.25, 0.3) is 0 Å². The minimum absolute atomic E-state index is 0.0533. The zero-order chi connectivity index (χ0) is 16.9. The second-order valence-electron chi connectivity index (χ2n) is 5.33. The van der Waals surface area contributed by atoms with Gasteiger partial charge in [0.2, 0.25) is 0 Å². The van der Waals surface area contributed by atoms with Crippen molar-refractivity contribution in [2.24, 2.45) is 0 Å². The van der Waals surface area contributed by atoms with Crippen LogP contribution in [0.5, 0.6) is 11.5 Å². The van der Waals surface area contributed by atoms with E-state index in [-0.39, 0.29) is 11.8 Å². The lowest BCUT2D eigenvalue weighted by molar-refractivity contribution is 0.373. The normalized spacial score (nSPS) is 11.8. The molecule has 1 atom stereocenters. The predicted octanol–water partition coefficient (Wildman–Crippen LogP) is 3.43. The minimum atomic E-state index is 0.0533. The van der Waals surface area contributed by atoms with Crippen LogP contribution in [0.3, 0.4) is 0 Å². The monoisotopic (exact) mass is 322 g/mol. The third kappa shape index (κ3) is 3.43. The molecule has 0 spiro atoms. The highest BCUT2D eigenvalue weighted by molar-refractivity contribution is 5.64. The molecule has 0 aliphatic heterocycles. The highest BCUT2D eigenvalue weighted by Gasteiger charge is 2.09. The van der Waals surface area contributed by atoms with Crippen LogP contribution < -0.4 is 10.1 Å². The number of pyridine rings is 1. The third-order valence-corrected chi connectivity index (χ3v) is 3.66. The third-order valence-electron chi connectivity index (χ3n) is 3.66. The maximum Gasteiger partial charge on any atom is 0.161 e. The van der Waals surface area contributed by atoms with E-state index in [2.05, 4.69) is 20.3 Å². The topological polar surface area (TPSA) is 80.2 Å². The van der Waals surface area contributed by atoms with Gasteiger partial charge in [-0.2, -0.15) is 0 Å². The zero-order valence-corrected chi connectivity index (χ0v) is 13.5. The zero-order valence-electron chi connectivity index (χ0n) is 13.5. The van der Waals surface area contributed by atoms with Gasteiger partial charge in [-0.15, -0.1) is 0 Å². The number of aromatic nitrogens is 3. The number of nitrogens with zero attached hydrogens (tertiary/aromatic N) is 3. The Morgan fingerprint density at radius 2 is 2.00 bits per heavy atom. The van der Waals surface area contributed by atoms with Crippen LogP contribution in [0.2, 0.25) is 0 Å². The number of anilines is 1. The molecular weight excluding hydrogens is 304 g/mol. The number of phenols is 1. The summed E-state index contributed by atoms with van der Waals surface area (Å²) in [6.07, 6.45) is 6.91. The molecule has 0 saturated carbocycles. The molecule has 24 heavy (non-hydrogen) atoms. The van der Waals surface area contributed by atoms with Crippen molar-refractivity contribution in [3.63, 3.8) is 0 Å². The van der Waals surface area contributed by atoms with Gasteiger partial charge >= 0.3 is 0 Å². The molecule has 0 aliphatic carbocycles. The van der Waals surface area contributed by atoms with Gasteiger partial charge in [0, 0.05) is 18.0 Å². The minimum Gasteiger partial charge on any atom is -0.504 e. The SMILES string of the molecule is COc1cc(-c2cncc(N[C@H](C)c3cccnc3)n2)ccc1O. The van der Waals surface area contributed by atoms with Gasteiger partial charge < -0.3 is 15.2 Å². The van der Waals surface area contributed by atoms with E-state index in [9.17, 15) is 5.11 Å². The Labute approximate surface area is 140 Å². The predicted molar refractivity (Wildman–Crippen MR) is 92.0 cm³/mol. The van der Waals surface area contributed by atoms with Crippen molar-refractivity contribution >= 4 is 5.82 Å². The van der Waals surface area contributed by atoms with E-state index in [0.29, 0.717) is 17.3 Å². The molecule has 3 aromatic rings. The molecule has 2 heterocycles. The summed E-state index contributed by atoms with van der Waals surface area (Å²) < 4.78 is 5.14. The van der Waals surface area contributed by atoms with Gasteiger partial charge in [-0.25, -0.2) is 4.98 Å². The second-order valence-corrected chi connectivity index (χ2v) is 5.33. The van der Waals surface area contributed by atoms with Gasteiger partial charge in [-0.1, -0.05) is 6.07 Å². The summed E-state index contributed by atoms with van der Waals surface area (Å²) in [6, 6.07) is 9.04. The first-order chi connectivity index (χ1) is 11.7. The lowest BCUT2D eigenvalue weighted by Gasteiger charge is -2.15. The van der Waals surface area contributed by atoms with Gasteiger partial charge in [-0.05, 0) is 36.8 Å².